The lowest BCUT2D eigenvalue weighted by atomic mass is 10.1. The van der Waals surface area contributed by atoms with Gasteiger partial charge in [-0.3, -0.25) is 4.98 Å². The average Bonchev–Trinajstić information content (AvgIpc) is 2.39. The Hall–Kier alpha value is -1.94. The maximum atomic E-state index is 13.8. The first-order chi connectivity index (χ1) is 8.72. The third-order valence-electron chi connectivity index (χ3n) is 2.76. The Balaban J connectivity index is 2.26. The van der Waals surface area contributed by atoms with Gasteiger partial charge in [-0.15, -0.1) is 0 Å². The van der Waals surface area contributed by atoms with Crippen molar-refractivity contribution in [3.05, 3.63) is 59.7 Å². The maximum Gasteiger partial charge on any atom is 0.146 e. The van der Waals surface area contributed by atoms with Gasteiger partial charge in [0.15, 0.2) is 0 Å². The van der Waals surface area contributed by atoms with Gasteiger partial charge in [0.2, 0.25) is 0 Å². The Labute approximate surface area is 106 Å². The Kier molecular flexibility index (Phi) is 3.89. The van der Waals surface area contributed by atoms with Crippen LogP contribution in [-0.2, 0) is 13.2 Å². The zero-order chi connectivity index (χ0) is 13.0. The van der Waals surface area contributed by atoms with Crippen molar-refractivity contribution in [1.29, 1.82) is 0 Å². The van der Waals surface area contributed by atoms with E-state index in [1.807, 2.05) is 12.1 Å². The topological polar surface area (TPSA) is 36.4 Å². The van der Waals surface area contributed by atoms with Crippen LogP contribution in [0.1, 0.15) is 11.1 Å². The van der Waals surface area contributed by atoms with E-state index >= 15 is 0 Å². The van der Waals surface area contributed by atoms with E-state index in [1.54, 1.807) is 36.5 Å². The molecule has 1 aromatic heterocycles. The first kappa shape index (κ1) is 12.5. The van der Waals surface area contributed by atoms with Crippen molar-refractivity contribution in [2.24, 2.45) is 0 Å². The van der Waals surface area contributed by atoms with Crippen molar-refractivity contribution < 1.29 is 9.50 Å². The number of benzene rings is 1. The van der Waals surface area contributed by atoms with Crippen molar-refractivity contribution in [3.8, 4) is 0 Å². The zero-order valence-corrected chi connectivity index (χ0v) is 10.2. The molecule has 1 heterocycles. The number of aromatic nitrogens is 1. The van der Waals surface area contributed by atoms with Gasteiger partial charge in [0.25, 0.3) is 0 Å². The molecule has 2 rings (SSSR count). The Morgan fingerprint density at radius 1 is 1.28 bits per heavy atom. The maximum absolute atomic E-state index is 13.8. The van der Waals surface area contributed by atoms with Crippen molar-refractivity contribution in [2.75, 3.05) is 11.9 Å². The second-order valence-corrected chi connectivity index (χ2v) is 4.12. The molecule has 0 aliphatic rings. The summed E-state index contributed by atoms with van der Waals surface area (Å²) in [5.74, 6) is -0.326. The second-order valence-electron chi connectivity index (χ2n) is 4.12. The highest BCUT2D eigenvalue weighted by atomic mass is 19.1. The molecule has 1 N–H and O–H groups in total. The number of para-hydroxylation sites is 1. The number of aliphatic hydroxyl groups is 1. The van der Waals surface area contributed by atoms with Gasteiger partial charge in [0, 0.05) is 31.5 Å². The molecule has 0 aliphatic heterocycles. The van der Waals surface area contributed by atoms with E-state index in [0.717, 1.165) is 5.56 Å². The number of anilines is 1. The van der Waals surface area contributed by atoms with Crippen LogP contribution in [0.25, 0.3) is 0 Å². The van der Waals surface area contributed by atoms with Gasteiger partial charge in [0.1, 0.15) is 5.82 Å². The van der Waals surface area contributed by atoms with E-state index in [0.29, 0.717) is 17.8 Å². The molecule has 0 atom stereocenters. The molecule has 1 aromatic carbocycles. The molecule has 0 saturated carbocycles. The van der Waals surface area contributed by atoms with E-state index in [4.69, 9.17) is 0 Å². The third-order valence-corrected chi connectivity index (χ3v) is 2.76. The molecule has 4 heteroatoms. The van der Waals surface area contributed by atoms with Crippen molar-refractivity contribution in [2.45, 2.75) is 13.2 Å². The molecule has 94 valence electrons. The van der Waals surface area contributed by atoms with Gasteiger partial charge in [-0.25, -0.2) is 4.39 Å². The highest BCUT2D eigenvalue weighted by molar-refractivity contribution is 5.54. The molecule has 18 heavy (non-hydrogen) atoms. The minimum absolute atomic E-state index is 0.176. The van der Waals surface area contributed by atoms with Crippen LogP contribution in [0.2, 0.25) is 0 Å². The smallest absolute Gasteiger partial charge is 0.146 e. The number of aliphatic hydroxyl groups excluding tert-OH is 1. The van der Waals surface area contributed by atoms with Crippen molar-refractivity contribution in [3.63, 3.8) is 0 Å². The Morgan fingerprint density at radius 3 is 2.78 bits per heavy atom. The van der Waals surface area contributed by atoms with Gasteiger partial charge in [-0.1, -0.05) is 18.2 Å². The van der Waals surface area contributed by atoms with Crippen LogP contribution in [0.5, 0.6) is 0 Å². The molecule has 0 saturated heterocycles. The summed E-state index contributed by atoms with van der Waals surface area (Å²) in [5.41, 5.74) is 2.01. The third kappa shape index (κ3) is 2.65. The van der Waals surface area contributed by atoms with E-state index in [1.165, 1.54) is 6.07 Å². The summed E-state index contributed by atoms with van der Waals surface area (Å²) < 4.78 is 13.8. The predicted octanol–water partition coefficient (Wildman–Crippen LogP) is 2.35. The first-order valence-corrected chi connectivity index (χ1v) is 5.70. The van der Waals surface area contributed by atoms with Gasteiger partial charge in [-0.05, 0) is 17.7 Å². The standard InChI is InChI=1S/C14H15FN2O/c1-17(9-11-4-3-7-16-8-11)14-12(10-18)5-2-6-13(14)15/h2-8,18H,9-10H2,1H3. The summed E-state index contributed by atoms with van der Waals surface area (Å²) in [4.78, 5) is 5.80. The summed E-state index contributed by atoms with van der Waals surface area (Å²) in [5, 5.41) is 9.25. The highest BCUT2D eigenvalue weighted by Crippen LogP contribution is 2.24. The van der Waals surface area contributed by atoms with Crippen LogP contribution < -0.4 is 4.90 Å². The molecule has 0 spiro atoms. The normalized spacial score (nSPS) is 10.4. The fourth-order valence-corrected chi connectivity index (χ4v) is 1.96. The number of nitrogens with zero attached hydrogens (tertiary/aromatic N) is 2. The van der Waals surface area contributed by atoms with Crippen molar-refractivity contribution in [1.82, 2.24) is 4.98 Å². The Bertz CT molecular complexity index is 516. The van der Waals surface area contributed by atoms with Gasteiger partial charge < -0.3 is 10.0 Å². The molecule has 0 bridgehead atoms. The van der Waals surface area contributed by atoms with Crippen LogP contribution in [0.15, 0.2) is 42.7 Å². The fourth-order valence-electron chi connectivity index (χ4n) is 1.96. The second kappa shape index (κ2) is 5.60. The summed E-state index contributed by atoms with van der Waals surface area (Å²) in [6, 6.07) is 8.50. The number of pyridine rings is 1. The lowest BCUT2D eigenvalue weighted by molar-refractivity contribution is 0.281. The quantitative estimate of drug-likeness (QED) is 0.899. The van der Waals surface area contributed by atoms with Crippen LogP contribution in [0.3, 0.4) is 0 Å². The van der Waals surface area contributed by atoms with Gasteiger partial charge in [-0.2, -0.15) is 0 Å². The lowest BCUT2D eigenvalue weighted by Gasteiger charge is -2.22. The number of halogens is 1. The molecule has 0 fully saturated rings. The van der Waals surface area contributed by atoms with Crippen LogP contribution >= 0.6 is 0 Å². The number of hydrogen-bond donors (Lipinski definition) is 1. The highest BCUT2D eigenvalue weighted by Gasteiger charge is 2.12. The van der Waals surface area contributed by atoms with E-state index < -0.39 is 0 Å². The molecule has 3 nitrogen and oxygen atoms in total. The molecule has 2 aromatic rings. The molecule has 0 aliphatic carbocycles. The minimum Gasteiger partial charge on any atom is -0.392 e. The summed E-state index contributed by atoms with van der Waals surface area (Å²) >= 11 is 0. The summed E-state index contributed by atoms with van der Waals surface area (Å²) in [7, 11) is 1.80. The monoisotopic (exact) mass is 246 g/mol. The SMILES string of the molecule is CN(Cc1cccnc1)c1c(F)cccc1CO. The molecule has 0 unspecified atom stereocenters. The lowest BCUT2D eigenvalue weighted by Crippen LogP contribution is -2.19. The number of hydrogen-bond acceptors (Lipinski definition) is 3. The van der Waals surface area contributed by atoms with E-state index in [-0.39, 0.29) is 12.4 Å². The summed E-state index contributed by atoms with van der Waals surface area (Å²) in [6.45, 7) is 0.367. The van der Waals surface area contributed by atoms with Crippen LogP contribution in [-0.4, -0.2) is 17.1 Å². The zero-order valence-electron chi connectivity index (χ0n) is 10.2. The van der Waals surface area contributed by atoms with E-state index in [9.17, 15) is 9.50 Å². The molecule has 0 radical (unpaired) electrons. The molecular weight excluding hydrogens is 231 g/mol. The van der Waals surface area contributed by atoms with Crippen LogP contribution in [0, 0.1) is 5.82 Å². The van der Waals surface area contributed by atoms with Crippen LogP contribution in [0.4, 0.5) is 10.1 Å². The van der Waals surface area contributed by atoms with Gasteiger partial charge in [0.05, 0.1) is 12.3 Å². The average molecular weight is 246 g/mol. The van der Waals surface area contributed by atoms with E-state index in [2.05, 4.69) is 4.98 Å². The fraction of sp³-hybridized carbons (Fsp3) is 0.214. The molecular formula is C14H15FN2O. The largest absolute Gasteiger partial charge is 0.392 e. The first-order valence-electron chi connectivity index (χ1n) is 5.70. The van der Waals surface area contributed by atoms with Crippen molar-refractivity contribution >= 4 is 5.69 Å². The predicted molar refractivity (Wildman–Crippen MR) is 68.7 cm³/mol. The minimum atomic E-state index is -0.326. The Morgan fingerprint density at radius 2 is 2.11 bits per heavy atom. The summed E-state index contributed by atoms with van der Waals surface area (Å²) in [6.07, 6.45) is 3.45. The van der Waals surface area contributed by atoms with Gasteiger partial charge >= 0.3 is 0 Å². The number of rotatable bonds is 4. The molecule has 0 amide bonds.